The van der Waals surface area contributed by atoms with Gasteiger partial charge in [0.25, 0.3) is 0 Å². The summed E-state index contributed by atoms with van der Waals surface area (Å²) in [5.74, 6) is 0. The Morgan fingerprint density at radius 1 is 1.04 bits per heavy atom. The van der Waals surface area contributed by atoms with Crippen LogP contribution in [0.4, 0.5) is 0 Å². The van der Waals surface area contributed by atoms with E-state index in [0.29, 0.717) is 19.9 Å². The van der Waals surface area contributed by atoms with E-state index in [1.54, 1.807) is 11.3 Å². The molecule has 1 heterocycles. The molecule has 6 heteroatoms. The zero-order chi connectivity index (χ0) is 18.6. The Morgan fingerprint density at radius 3 is 2.44 bits per heavy atom. The van der Waals surface area contributed by atoms with Crippen molar-refractivity contribution in [3.05, 3.63) is 58.3 Å². The minimum atomic E-state index is 0. The molecule has 0 aliphatic carbocycles. The molecule has 1 aromatic heterocycles. The van der Waals surface area contributed by atoms with E-state index in [2.05, 4.69) is 13.8 Å². The summed E-state index contributed by atoms with van der Waals surface area (Å²) in [6.45, 7) is 7.98. The van der Waals surface area contributed by atoms with Gasteiger partial charge in [0.2, 0.25) is 0 Å². The van der Waals surface area contributed by atoms with Gasteiger partial charge in [0.15, 0.2) is 12.2 Å². The van der Waals surface area contributed by atoms with Gasteiger partial charge in [-0.25, -0.2) is 0 Å². The number of quaternary nitrogens is 1. The molecule has 0 aliphatic heterocycles. The highest BCUT2D eigenvalue weighted by atomic mass is 79.9. The number of hydrogen-bond acceptors (Lipinski definition) is 4. The average molecular weight is 452 g/mol. The van der Waals surface area contributed by atoms with Crippen LogP contribution in [-0.2, 0) is 11.3 Å². The van der Waals surface area contributed by atoms with Crippen molar-refractivity contribution < 1.29 is 31.3 Å². The van der Waals surface area contributed by atoms with E-state index < -0.39 is 0 Å². The highest BCUT2D eigenvalue weighted by Crippen LogP contribution is 2.25. The molecular weight excluding hydrogens is 426 g/mol. The molecule has 1 N–H and O–H groups in total. The number of aliphatic hydroxyl groups is 1. The van der Waals surface area contributed by atoms with Crippen LogP contribution in [0.25, 0.3) is 20.2 Å². The molecule has 27 heavy (non-hydrogen) atoms. The first kappa shape index (κ1) is 22.0. The van der Waals surface area contributed by atoms with Gasteiger partial charge in [0.05, 0.1) is 26.3 Å². The molecular formula is C21H26BrNO3S. The second-order valence-corrected chi connectivity index (χ2v) is 7.74. The van der Waals surface area contributed by atoms with E-state index in [-0.39, 0.29) is 29.0 Å². The third kappa shape index (κ3) is 4.76. The number of ether oxygens (including phenoxy) is 1. The molecule has 0 unspecified atom stereocenters. The molecule has 0 bridgehead atoms. The fraction of sp³-hybridized carbons (Fsp3) is 0.381. The molecule has 4 nitrogen and oxygen atoms in total. The Labute approximate surface area is 174 Å². The summed E-state index contributed by atoms with van der Waals surface area (Å²) in [6.07, 6.45) is 0. The molecule has 3 rings (SSSR count). The van der Waals surface area contributed by atoms with Crippen LogP contribution in [0.5, 0.6) is 0 Å². The number of aliphatic hydroxyl groups excluding tert-OH is 1. The third-order valence-electron chi connectivity index (χ3n) is 5.19. The largest absolute Gasteiger partial charge is 1.00 e. The lowest BCUT2D eigenvalue weighted by Crippen LogP contribution is -3.00. The van der Waals surface area contributed by atoms with Gasteiger partial charge in [-0.2, -0.15) is 0 Å². The Balaban J connectivity index is 0.00000261. The maximum Gasteiger partial charge on any atom is 0.195 e. The van der Waals surface area contributed by atoms with Gasteiger partial charge < -0.3 is 26.8 Å². The fourth-order valence-corrected chi connectivity index (χ4v) is 4.35. The zero-order valence-electron chi connectivity index (χ0n) is 15.8. The summed E-state index contributed by atoms with van der Waals surface area (Å²) in [4.78, 5) is 12.8. The predicted octanol–water partition coefficient (Wildman–Crippen LogP) is 0.742. The molecule has 0 fully saturated rings. The standard InChI is InChI=1S/C21H26NO3S.BrH/c1-3-22(4-2,11-12-23)15-25-14-16-9-10-20-18(13-16)21(24)17-7-5-6-8-19(17)26-20;/h5-10,13,23H,3-4,11-12,14-15H2,1-2H3;1H/q+1;/p-1. The second-order valence-electron chi connectivity index (χ2n) is 6.66. The number of halogens is 1. The molecule has 0 atom stereocenters. The lowest BCUT2D eigenvalue weighted by Gasteiger charge is -2.35. The van der Waals surface area contributed by atoms with E-state index in [1.165, 1.54) is 0 Å². The SMILES string of the molecule is CC[N+](CC)(CCO)COCc1ccc2sc3ccccc3c(=O)c2c1.[Br-]. The first-order valence-electron chi connectivity index (χ1n) is 9.10. The van der Waals surface area contributed by atoms with Gasteiger partial charge in [-0.3, -0.25) is 9.28 Å². The van der Waals surface area contributed by atoms with Crippen molar-refractivity contribution in [2.45, 2.75) is 20.5 Å². The molecule has 0 radical (unpaired) electrons. The summed E-state index contributed by atoms with van der Waals surface area (Å²) in [7, 11) is 0. The van der Waals surface area contributed by atoms with E-state index in [9.17, 15) is 9.90 Å². The lowest BCUT2D eigenvalue weighted by molar-refractivity contribution is -0.943. The van der Waals surface area contributed by atoms with Crippen LogP contribution >= 0.6 is 11.3 Å². The van der Waals surface area contributed by atoms with Crippen molar-refractivity contribution in [2.24, 2.45) is 0 Å². The Hall–Kier alpha value is -1.31. The van der Waals surface area contributed by atoms with Gasteiger partial charge in [-0.1, -0.05) is 18.2 Å². The maximum absolute atomic E-state index is 12.8. The number of benzene rings is 2. The van der Waals surface area contributed by atoms with Crippen LogP contribution < -0.4 is 22.4 Å². The van der Waals surface area contributed by atoms with Crippen LogP contribution in [-0.4, -0.2) is 42.6 Å². The first-order valence-corrected chi connectivity index (χ1v) is 9.92. The van der Waals surface area contributed by atoms with Crippen LogP contribution in [0.15, 0.2) is 47.3 Å². The van der Waals surface area contributed by atoms with Crippen molar-refractivity contribution in [3.63, 3.8) is 0 Å². The van der Waals surface area contributed by atoms with Crippen molar-refractivity contribution in [1.82, 2.24) is 0 Å². The van der Waals surface area contributed by atoms with E-state index in [1.807, 2.05) is 42.5 Å². The van der Waals surface area contributed by atoms with Gasteiger partial charge in [0.1, 0.15) is 6.54 Å². The minimum Gasteiger partial charge on any atom is -1.00 e. The second kappa shape index (κ2) is 9.75. The van der Waals surface area contributed by atoms with Crippen LogP contribution in [0, 0.1) is 0 Å². The highest BCUT2D eigenvalue weighted by Gasteiger charge is 2.22. The molecule has 0 spiro atoms. The molecule has 146 valence electrons. The Kier molecular flexibility index (Phi) is 7.94. The Bertz CT molecular complexity index is 953. The lowest BCUT2D eigenvalue weighted by atomic mass is 10.1. The smallest absolute Gasteiger partial charge is 0.195 e. The topological polar surface area (TPSA) is 46.5 Å². The van der Waals surface area contributed by atoms with Gasteiger partial charge in [-0.05, 0) is 43.7 Å². The van der Waals surface area contributed by atoms with E-state index >= 15 is 0 Å². The third-order valence-corrected chi connectivity index (χ3v) is 6.34. The maximum atomic E-state index is 12.8. The number of fused-ring (bicyclic) bond motifs is 2. The van der Waals surface area contributed by atoms with Crippen LogP contribution in [0.2, 0.25) is 0 Å². The molecule has 0 aliphatic rings. The number of nitrogens with zero attached hydrogens (tertiary/aromatic N) is 1. The Morgan fingerprint density at radius 2 is 1.74 bits per heavy atom. The van der Waals surface area contributed by atoms with E-state index in [4.69, 9.17) is 4.74 Å². The highest BCUT2D eigenvalue weighted by molar-refractivity contribution is 7.24. The molecule has 0 amide bonds. The van der Waals surface area contributed by atoms with Crippen molar-refractivity contribution in [1.29, 1.82) is 0 Å². The fourth-order valence-electron chi connectivity index (χ4n) is 3.30. The van der Waals surface area contributed by atoms with Crippen molar-refractivity contribution >= 4 is 31.5 Å². The normalized spacial score (nSPS) is 11.7. The van der Waals surface area contributed by atoms with Crippen LogP contribution in [0.3, 0.4) is 0 Å². The minimum absolute atomic E-state index is 0. The average Bonchev–Trinajstić information content (AvgIpc) is 2.68. The summed E-state index contributed by atoms with van der Waals surface area (Å²) in [6, 6.07) is 13.8. The molecule has 0 saturated carbocycles. The van der Waals surface area contributed by atoms with Crippen LogP contribution in [0.1, 0.15) is 19.4 Å². The number of likely N-dealkylation sites (N-methyl/N-ethyl adjacent to an activating group) is 1. The van der Waals surface area contributed by atoms with Crippen molar-refractivity contribution in [2.75, 3.05) is 33.0 Å². The van der Waals surface area contributed by atoms with E-state index in [0.717, 1.165) is 43.3 Å². The summed E-state index contributed by atoms with van der Waals surface area (Å²) in [5.41, 5.74) is 1.09. The van der Waals surface area contributed by atoms with Gasteiger partial charge in [-0.15, -0.1) is 11.3 Å². The quantitative estimate of drug-likeness (QED) is 0.312. The summed E-state index contributed by atoms with van der Waals surface area (Å²) in [5, 5.41) is 10.8. The number of hydrogen-bond donors (Lipinski definition) is 1. The monoisotopic (exact) mass is 451 g/mol. The summed E-state index contributed by atoms with van der Waals surface area (Å²) >= 11 is 1.64. The molecule has 0 saturated heterocycles. The molecule has 2 aromatic carbocycles. The molecule has 3 aromatic rings. The van der Waals surface area contributed by atoms with Gasteiger partial charge in [0, 0.05) is 20.2 Å². The zero-order valence-corrected chi connectivity index (χ0v) is 18.2. The summed E-state index contributed by atoms with van der Waals surface area (Å²) < 4.78 is 8.72. The first-order chi connectivity index (χ1) is 12.6. The number of rotatable bonds is 8. The van der Waals surface area contributed by atoms with Gasteiger partial charge >= 0.3 is 0 Å². The van der Waals surface area contributed by atoms with Crippen molar-refractivity contribution in [3.8, 4) is 0 Å². The predicted molar refractivity (Wildman–Crippen MR) is 109 cm³/mol.